The second-order valence-corrected chi connectivity index (χ2v) is 7.63. The van der Waals surface area contributed by atoms with Gasteiger partial charge in [-0.05, 0) is 45.0 Å². The molecule has 1 saturated heterocycles. The zero-order chi connectivity index (χ0) is 20.3. The van der Waals surface area contributed by atoms with E-state index < -0.39 is 11.7 Å². The Morgan fingerprint density at radius 1 is 1.14 bits per heavy atom. The van der Waals surface area contributed by atoms with E-state index in [2.05, 4.69) is 0 Å². The maximum Gasteiger partial charge on any atom is 0.268 e. The lowest BCUT2D eigenvalue weighted by Crippen LogP contribution is -2.32. The van der Waals surface area contributed by atoms with Crippen molar-refractivity contribution in [3.05, 3.63) is 48.0 Å². The maximum atomic E-state index is 12.8. The molecule has 1 N–H and O–H groups in total. The van der Waals surface area contributed by atoms with Crippen LogP contribution in [0.2, 0.25) is 0 Å². The predicted molar refractivity (Wildman–Crippen MR) is 107 cm³/mol. The molecule has 0 aliphatic carbocycles. The van der Waals surface area contributed by atoms with Crippen molar-refractivity contribution in [1.82, 2.24) is 0 Å². The van der Waals surface area contributed by atoms with Crippen LogP contribution in [-0.4, -0.2) is 43.0 Å². The summed E-state index contributed by atoms with van der Waals surface area (Å²) >= 11 is 0. The maximum absolute atomic E-state index is 12.8. The van der Waals surface area contributed by atoms with Gasteiger partial charge >= 0.3 is 0 Å². The smallest absolute Gasteiger partial charge is 0.268 e. The van der Waals surface area contributed by atoms with E-state index in [0.717, 1.165) is 11.3 Å². The number of carbonyl (C=O) groups excluding carboxylic acids is 1. The fourth-order valence-electron chi connectivity index (χ4n) is 3.00. The first-order valence-electron chi connectivity index (χ1n) is 9.35. The van der Waals surface area contributed by atoms with Gasteiger partial charge in [-0.15, -0.1) is 0 Å². The van der Waals surface area contributed by atoms with Gasteiger partial charge in [0.2, 0.25) is 0 Å². The summed E-state index contributed by atoms with van der Waals surface area (Å²) in [6.45, 7) is 6.06. The van der Waals surface area contributed by atoms with Gasteiger partial charge in [-0.3, -0.25) is 4.79 Å². The van der Waals surface area contributed by atoms with Crippen LogP contribution in [-0.2, 0) is 4.79 Å². The minimum atomic E-state index is -0.949. The number of hydrogen-bond donors (Lipinski definition) is 1. The number of methoxy groups -OCH3 is 1. The van der Waals surface area contributed by atoms with Gasteiger partial charge in [0.05, 0.1) is 12.7 Å². The molecule has 1 fully saturated rings. The third-order valence-electron chi connectivity index (χ3n) is 4.50. The lowest BCUT2D eigenvalue weighted by Gasteiger charge is -2.21. The van der Waals surface area contributed by atoms with Crippen LogP contribution in [0, 0.1) is 6.92 Å². The van der Waals surface area contributed by atoms with Crippen LogP contribution in [0.15, 0.2) is 42.5 Å². The van der Waals surface area contributed by atoms with Crippen LogP contribution in [0.3, 0.4) is 0 Å². The summed E-state index contributed by atoms with van der Waals surface area (Å²) in [5.74, 6) is 1.65. The molecule has 0 aromatic heterocycles. The number of amides is 1. The average molecular weight is 385 g/mol. The Labute approximate surface area is 165 Å². The number of rotatable bonds is 7. The third-order valence-corrected chi connectivity index (χ3v) is 4.50. The standard InChI is InChI=1S/C22H27NO5/c1-15-5-8-17(9-6-15)28-19-11-12-23(21(19)24)16-7-10-18(20(13-16)26-4)27-14-22(2,3)25/h5-10,13,19,25H,11-12,14H2,1-4H3/t19-/m1/s1. The van der Waals surface area contributed by atoms with Gasteiger partial charge in [0, 0.05) is 24.7 Å². The van der Waals surface area contributed by atoms with Gasteiger partial charge < -0.3 is 24.2 Å². The van der Waals surface area contributed by atoms with Gasteiger partial charge in [0.15, 0.2) is 17.6 Å². The van der Waals surface area contributed by atoms with Crippen molar-refractivity contribution < 1.29 is 24.1 Å². The van der Waals surface area contributed by atoms with E-state index in [-0.39, 0.29) is 12.5 Å². The van der Waals surface area contributed by atoms with Crippen molar-refractivity contribution in [3.8, 4) is 17.2 Å². The molecule has 6 heteroatoms. The molecule has 0 radical (unpaired) electrons. The van der Waals surface area contributed by atoms with Crippen LogP contribution in [0.5, 0.6) is 17.2 Å². The lowest BCUT2D eigenvalue weighted by atomic mass is 10.2. The van der Waals surface area contributed by atoms with Crippen molar-refractivity contribution in [2.24, 2.45) is 0 Å². The number of hydrogen-bond acceptors (Lipinski definition) is 5. The molecule has 1 amide bonds. The Balaban J connectivity index is 1.71. The summed E-state index contributed by atoms with van der Waals surface area (Å²) in [7, 11) is 1.55. The second-order valence-electron chi connectivity index (χ2n) is 7.63. The summed E-state index contributed by atoms with van der Waals surface area (Å²) in [5, 5.41) is 9.84. The Kier molecular flexibility index (Phi) is 5.79. The molecule has 0 saturated carbocycles. The molecule has 3 rings (SSSR count). The number of aliphatic hydroxyl groups is 1. The van der Waals surface area contributed by atoms with Gasteiger partial charge in [0.25, 0.3) is 5.91 Å². The molecule has 6 nitrogen and oxygen atoms in total. The molecule has 0 unspecified atom stereocenters. The van der Waals surface area contributed by atoms with Crippen LogP contribution >= 0.6 is 0 Å². The van der Waals surface area contributed by atoms with E-state index in [9.17, 15) is 9.90 Å². The second kappa shape index (κ2) is 8.10. The fourth-order valence-corrected chi connectivity index (χ4v) is 3.00. The van der Waals surface area contributed by atoms with Crippen molar-refractivity contribution in [2.45, 2.75) is 38.9 Å². The summed E-state index contributed by atoms with van der Waals surface area (Å²) in [6.07, 6.45) is 0.117. The molecule has 0 spiro atoms. The highest BCUT2D eigenvalue weighted by atomic mass is 16.5. The van der Waals surface area contributed by atoms with Gasteiger partial charge in [-0.1, -0.05) is 17.7 Å². The Morgan fingerprint density at radius 2 is 1.86 bits per heavy atom. The van der Waals surface area contributed by atoms with Crippen LogP contribution in [0.1, 0.15) is 25.8 Å². The van der Waals surface area contributed by atoms with Crippen molar-refractivity contribution >= 4 is 11.6 Å². The quantitative estimate of drug-likeness (QED) is 0.792. The van der Waals surface area contributed by atoms with Crippen molar-refractivity contribution in [2.75, 3.05) is 25.2 Å². The number of carbonyl (C=O) groups is 1. The van der Waals surface area contributed by atoms with E-state index in [1.54, 1.807) is 38.0 Å². The average Bonchev–Trinajstić information content (AvgIpc) is 3.01. The summed E-state index contributed by atoms with van der Waals surface area (Å²) < 4.78 is 16.9. The lowest BCUT2D eigenvalue weighted by molar-refractivity contribution is -0.122. The van der Waals surface area contributed by atoms with Gasteiger partial charge in [0.1, 0.15) is 12.4 Å². The molecule has 150 valence electrons. The van der Waals surface area contributed by atoms with Crippen LogP contribution in [0.4, 0.5) is 5.69 Å². The molecule has 28 heavy (non-hydrogen) atoms. The third kappa shape index (κ3) is 4.75. The molecule has 2 aromatic rings. The Hall–Kier alpha value is -2.73. The van der Waals surface area contributed by atoms with E-state index in [1.807, 2.05) is 37.3 Å². The zero-order valence-corrected chi connectivity index (χ0v) is 16.8. The van der Waals surface area contributed by atoms with E-state index in [4.69, 9.17) is 14.2 Å². The highest BCUT2D eigenvalue weighted by molar-refractivity contribution is 5.99. The topological polar surface area (TPSA) is 68.2 Å². The molecule has 1 aliphatic heterocycles. The van der Waals surface area contributed by atoms with E-state index in [0.29, 0.717) is 30.2 Å². The summed E-state index contributed by atoms with van der Waals surface area (Å²) in [5.41, 5.74) is 0.924. The highest BCUT2D eigenvalue weighted by Crippen LogP contribution is 2.34. The van der Waals surface area contributed by atoms with Crippen LogP contribution in [0.25, 0.3) is 0 Å². The molecule has 0 bridgehead atoms. The van der Waals surface area contributed by atoms with Crippen molar-refractivity contribution in [3.63, 3.8) is 0 Å². The molecular weight excluding hydrogens is 358 g/mol. The first-order valence-corrected chi connectivity index (χ1v) is 9.35. The first kappa shape index (κ1) is 20.0. The Bertz CT molecular complexity index is 826. The van der Waals surface area contributed by atoms with Crippen LogP contribution < -0.4 is 19.1 Å². The van der Waals surface area contributed by atoms with Gasteiger partial charge in [-0.2, -0.15) is 0 Å². The molecule has 2 aromatic carbocycles. The number of benzene rings is 2. The highest BCUT2D eigenvalue weighted by Gasteiger charge is 2.34. The number of anilines is 1. The zero-order valence-electron chi connectivity index (χ0n) is 16.8. The predicted octanol–water partition coefficient (Wildman–Crippen LogP) is 3.34. The Morgan fingerprint density at radius 3 is 2.50 bits per heavy atom. The summed E-state index contributed by atoms with van der Waals surface area (Å²) in [6, 6.07) is 13.0. The van der Waals surface area contributed by atoms with E-state index in [1.165, 1.54) is 0 Å². The number of ether oxygens (including phenoxy) is 3. The summed E-state index contributed by atoms with van der Waals surface area (Å²) in [4.78, 5) is 14.5. The fraction of sp³-hybridized carbons (Fsp3) is 0.409. The van der Waals surface area contributed by atoms with E-state index >= 15 is 0 Å². The molecule has 1 heterocycles. The number of aryl methyl sites for hydroxylation is 1. The SMILES string of the molecule is COc1cc(N2CC[C@@H](Oc3ccc(C)cc3)C2=O)ccc1OCC(C)(C)O. The van der Waals surface area contributed by atoms with Gasteiger partial charge in [-0.25, -0.2) is 0 Å². The molecular formula is C22H27NO5. The number of nitrogens with zero attached hydrogens (tertiary/aromatic N) is 1. The monoisotopic (exact) mass is 385 g/mol. The van der Waals surface area contributed by atoms with Crippen molar-refractivity contribution in [1.29, 1.82) is 0 Å². The largest absolute Gasteiger partial charge is 0.493 e. The molecule has 1 aliphatic rings. The minimum Gasteiger partial charge on any atom is -0.493 e. The first-order chi connectivity index (χ1) is 13.3. The molecule has 1 atom stereocenters. The normalized spacial score (nSPS) is 17.0. The minimum absolute atomic E-state index is 0.0761.